The van der Waals surface area contributed by atoms with Crippen molar-refractivity contribution in [2.45, 2.75) is 13.0 Å². The number of nitrogens with zero attached hydrogens (tertiary/aromatic N) is 3. The summed E-state index contributed by atoms with van der Waals surface area (Å²) in [7, 11) is 1.81. The standard InChI is InChI=1S/C23H21N5O2/c1-15(18-13-14-24-28(18)2)25-22(29)20-19(16-9-5-3-6-10-16)21(26-27-23(20)30)17-11-7-4-8-12-17/h3-15H,1-2H3,(H,25,29)(H,27,30). The van der Waals surface area contributed by atoms with Gasteiger partial charge < -0.3 is 5.32 Å². The van der Waals surface area contributed by atoms with E-state index in [1.807, 2.05) is 73.7 Å². The number of rotatable bonds is 5. The number of amides is 1. The van der Waals surface area contributed by atoms with Gasteiger partial charge in [-0.3, -0.25) is 14.3 Å². The van der Waals surface area contributed by atoms with Crippen LogP contribution in [-0.2, 0) is 7.05 Å². The molecule has 2 heterocycles. The highest BCUT2D eigenvalue weighted by Crippen LogP contribution is 2.31. The fourth-order valence-electron chi connectivity index (χ4n) is 3.51. The smallest absolute Gasteiger partial charge is 0.277 e. The zero-order valence-electron chi connectivity index (χ0n) is 16.7. The van der Waals surface area contributed by atoms with Crippen LogP contribution in [0.2, 0.25) is 0 Å². The number of aromatic amines is 1. The lowest BCUT2D eigenvalue weighted by atomic mass is 9.95. The fraction of sp³-hybridized carbons (Fsp3) is 0.130. The summed E-state index contributed by atoms with van der Waals surface area (Å²) >= 11 is 0. The van der Waals surface area contributed by atoms with Gasteiger partial charge in [0, 0.05) is 24.4 Å². The Labute approximate surface area is 173 Å². The van der Waals surface area contributed by atoms with Gasteiger partial charge in [0.2, 0.25) is 0 Å². The maximum Gasteiger partial charge on any atom is 0.277 e. The Hall–Kier alpha value is -4.00. The lowest BCUT2D eigenvalue weighted by Gasteiger charge is -2.17. The predicted molar refractivity (Wildman–Crippen MR) is 115 cm³/mol. The largest absolute Gasteiger partial charge is 0.344 e. The highest BCUT2D eigenvalue weighted by molar-refractivity contribution is 6.03. The molecule has 2 N–H and O–H groups in total. The van der Waals surface area contributed by atoms with Crippen molar-refractivity contribution in [2.24, 2.45) is 7.05 Å². The maximum atomic E-state index is 13.3. The predicted octanol–water partition coefficient (Wildman–Crippen LogP) is 3.33. The Morgan fingerprint density at radius 3 is 2.23 bits per heavy atom. The van der Waals surface area contributed by atoms with Crippen molar-refractivity contribution < 1.29 is 4.79 Å². The summed E-state index contributed by atoms with van der Waals surface area (Å²) in [4.78, 5) is 26.0. The molecule has 4 rings (SSSR count). The number of carbonyl (C=O) groups is 1. The Bertz CT molecular complexity index is 1230. The molecule has 0 aliphatic heterocycles. The van der Waals surface area contributed by atoms with Crippen LogP contribution >= 0.6 is 0 Å². The van der Waals surface area contributed by atoms with Crippen molar-refractivity contribution in [1.29, 1.82) is 0 Å². The van der Waals surface area contributed by atoms with Crippen LogP contribution in [-0.4, -0.2) is 25.9 Å². The molecule has 7 heteroatoms. The molecule has 0 radical (unpaired) electrons. The van der Waals surface area contributed by atoms with Crippen molar-refractivity contribution in [3.05, 3.63) is 94.5 Å². The van der Waals surface area contributed by atoms with Crippen molar-refractivity contribution in [2.75, 3.05) is 0 Å². The molecule has 0 aliphatic rings. The third-order valence-electron chi connectivity index (χ3n) is 4.97. The van der Waals surface area contributed by atoms with E-state index in [1.54, 1.807) is 17.9 Å². The molecule has 30 heavy (non-hydrogen) atoms. The summed E-state index contributed by atoms with van der Waals surface area (Å²) in [6.45, 7) is 1.85. The summed E-state index contributed by atoms with van der Waals surface area (Å²) in [5.74, 6) is -0.469. The first-order valence-electron chi connectivity index (χ1n) is 9.58. The monoisotopic (exact) mass is 399 g/mol. The van der Waals surface area contributed by atoms with Crippen LogP contribution in [0.1, 0.15) is 29.0 Å². The minimum Gasteiger partial charge on any atom is -0.344 e. The van der Waals surface area contributed by atoms with E-state index in [0.717, 1.165) is 16.8 Å². The van der Waals surface area contributed by atoms with E-state index in [4.69, 9.17) is 0 Å². The van der Waals surface area contributed by atoms with Gasteiger partial charge in [0.25, 0.3) is 11.5 Å². The van der Waals surface area contributed by atoms with Crippen molar-refractivity contribution in [1.82, 2.24) is 25.3 Å². The van der Waals surface area contributed by atoms with Crippen LogP contribution in [0, 0.1) is 0 Å². The van der Waals surface area contributed by atoms with Crippen molar-refractivity contribution in [3.63, 3.8) is 0 Å². The number of nitrogens with one attached hydrogen (secondary N) is 2. The van der Waals surface area contributed by atoms with Crippen molar-refractivity contribution >= 4 is 5.91 Å². The quantitative estimate of drug-likeness (QED) is 0.538. The summed E-state index contributed by atoms with van der Waals surface area (Å²) in [5.41, 5.74) is 2.92. The van der Waals surface area contributed by atoms with Gasteiger partial charge in [0.05, 0.1) is 17.4 Å². The van der Waals surface area contributed by atoms with Gasteiger partial charge in [0.15, 0.2) is 0 Å². The minimum absolute atomic E-state index is 0.0315. The Morgan fingerprint density at radius 2 is 1.63 bits per heavy atom. The molecule has 0 bridgehead atoms. The average Bonchev–Trinajstić information content (AvgIpc) is 3.20. The molecule has 0 aliphatic carbocycles. The van der Waals surface area contributed by atoms with Crippen LogP contribution in [0.5, 0.6) is 0 Å². The van der Waals surface area contributed by atoms with E-state index >= 15 is 0 Å². The zero-order valence-corrected chi connectivity index (χ0v) is 16.7. The lowest BCUT2D eigenvalue weighted by molar-refractivity contribution is 0.0937. The van der Waals surface area contributed by atoms with Crippen LogP contribution in [0.3, 0.4) is 0 Å². The Morgan fingerprint density at radius 1 is 1.00 bits per heavy atom. The second kappa shape index (κ2) is 8.16. The van der Waals surface area contributed by atoms with Gasteiger partial charge in [-0.2, -0.15) is 10.2 Å². The van der Waals surface area contributed by atoms with E-state index in [-0.39, 0.29) is 11.6 Å². The highest BCUT2D eigenvalue weighted by atomic mass is 16.2. The van der Waals surface area contributed by atoms with E-state index in [9.17, 15) is 9.59 Å². The number of hydrogen-bond donors (Lipinski definition) is 2. The molecular formula is C23H21N5O2. The summed E-state index contributed by atoms with van der Waals surface area (Å²) in [5, 5.41) is 13.8. The fourth-order valence-corrected chi connectivity index (χ4v) is 3.51. The van der Waals surface area contributed by atoms with Crippen molar-refractivity contribution in [3.8, 4) is 22.4 Å². The van der Waals surface area contributed by atoms with E-state index < -0.39 is 11.5 Å². The molecule has 7 nitrogen and oxygen atoms in total. The molecule has 2 aromatic heterocycles. The summed E-state index contributed by atoms with van der Waals surface area (Å²) in [6.07, 6.45) is 1.67. The molecule has 1 atom stereocenters. The van der Waals surface area contributed by atoms with Gasteiger partial charge in [0.1, 0.15) is 5.56 Å². The van der Waals surface area contributed by atoms with E-state index in [0.29, 0.717) is 11.3 Å². The molecule has 1 amide bonds. The second-order valence-electron chi connectivity index (χ2n) is 6.96. The molecule has 0 spiro atoms. The number of aromatic nitrogens is 4. The number of hydrogen-bond acceptors (Lipinski definition) is 4. The molecule has 4 aromatic rings. The zero-order chi connectivity index (χ0) is 21.1. The van der Waals surface area contributed by atoms with Crippen LogP contribution in [0.15, 0.2) is 77.7 Å². The number of benzene rings is 2. The van der Waals surface area contributed by atoms with Crippen LogP contribution < -0.4 is 10.9 Å². The van der Waals surface area contributed by atoms with Crippen LogP contribution in [0.4, 0.5) is 0 Å². The second-order valence-corrected chi connectivity index (χ2v) is 6.96. The summed E-state index contributed by atoms with van der Waals surface area (Å²) < 4.78 is 1.69. The molecular weight excluding hydrogens is 378 g/mol. The maximum absolute atomic E-state index is 13.3. The SMILES string of the molecule is CC(NC(=O)c1c(-c2ccccc2)c(-c2ccccc2)n[nH]c1=O)c1ccnn1C. The highest BCUT2D eigenvalue weighted by Gasteiger charge is 2.24. The van der Waals surface area contributed by atoms with Gasteiger partial charge in [-0.15, -0.1) is 0 Å². The van der Waals surface area contributed by atoms with E-state index in [2.05, 4.69) is 20.6 Å². The topological polar surface area (TPSA) is 92.7 Å². The average molecular weight is 399 g/mol. The molecule has 0 saturated carbocycles. The number of H-pyrrole nitrogens is 1. The number of carbonyl (C=O) groups excluding carboxylic acids is 1. The first kappa shape index (κ1) is 19.3. The number of aryl methyl sites for hydroxylation is 1. The lowest BCUT2D eigenvalue weighted by Crippen LogP contribution is -2.33. The third-order valence-corrected chi connectivity index (χ3v) is 4.97. The molecule has 150 valence electrons. The Kier molecular flexibility index (Phi) is 5.26. The Balaban J connectivity index is 1.86. The molecule has 1 unspecified atom stereocenters. The van der Waals surface area contributed by atoms with Gasteiger partial charge in [-0.25, -0.2) is 5.10 Å². The first-order chi connectivity index (χ1) is 14.6. The molecule has 0 saturated heterocycles. The van der Waals surface area contributed by atoms with Gasteiger partial charge in [-0.05, 0) is 18.6 Å². The first-order valence-corrected chi connectivity index (χ1v) is 9.58. The normalized spacial score (nSPS) is 11.8. The molecule has 2 aromatic carbocycles. The third kappa shape index (κ3) is 3.65. The van der Waals surface area contributed by atoms with Crippen LogP contribution in [0.25, 0.3) is 22.4 Å². The van der Waals surface area contributed by atoms with Gasteiger partial charge >= 0.3 is 0 Å². The molecule has 0 fully saturated rings. The van der Waals surface area contributed by atoms with Gasteiger partial charge in [-0.1, -0.05) is 60.7 Å². The summed E-state index contributed by atoms with van der Waals surface area (Å²) in [6, 6.07) is 20.3. The van der Waals surface area contributed by atoms with E-state index in [1.165, 1.54) is 0 Å². The minimum atomic E-state index is -0.539.